The monoisotopic (exact) mass is 299 g/mol. The zero-order valence-electron chi connectivity index (χ0n) is 12.5. The average molecular weight is 299 g/mol. The summed E-state index contributed by atoms with van der Waals surface area (Å²) in [6.07, 6.45) is 9.23. The highest BCUT2D eigenvalue weighted by Gasteiger charge is 2.15. The van der Waals surface area contributed by atoms with Crippen LogP contribution in [0.3, 0.4) is 0 Å². The first-order chi connectivity index (χ1) is 10.6. The number of aromatic nitrogens is 2. The normalized spacial score (nSPS) is 15.3. The molecule has 0 atom stereocenters. The van der Waals surface area contributed by atoms with Gasteiger partial charge in [0, 0.05) is 17.5 Å². The van der Waals surface area contributed by atoms with Gasteiger partial charge in [-0.1, -0.05) is 25.7 Å². The average Bonchev–Trinajstić information content (AvgIpc) is 3.14. The number of imidazole rings is 1. The van der Waals surface area contributed by atoms with E-state index in [1.807, 2.05) is 6.20 Å². The number of carbonyl (C=O) groups is 1. The second-order valence-electron chi connectivity index (χ2n) is 6.05. The summed E-state index contributed by atoms with van der Waals surface area (Å²) in [6.45, 7) is 0. The Labute approximate surface area is 129 Å². The van der Waals surface area contributed by atoms with Crippen molar-refractivity contribution in [2.45, 2.75) is 38.5 Å². The lowest BCUT2D eigenvalue weighted by Gasteiger charge is -2.06. The summed E-state index contributed by atoms with van der Waals surface area (Å²) in [5.41, 5.74) is 7.22. The Morgan fingerprint density at radius 2 is 1.91 bits per heavy atom. The van der Waals surface area contributed by atoms with Crippen LogP contribution in [0.15, 0.2) is 35.3 Å². The van der Waals surface area contributed by atoms with Gasteiger partial charge in [0.1, 0.15) is 0 Å². The molecule has 0 aliphatic heterocycles. The van der Waals surface area contributed by atoms with Crippen LogP contribution in [0, 0.1) is 5.92 Å². The number of aromatic amines is 1. The van der Waals surface area contributed by atoms with Crippen LogP contribution < -0.4 is 11.4 Å². The number of aryl methyl sites for hydroxylation is 1. The van der Waals surface area contributed by atoms with Crippen LogP contribution in [-0.4, -0.2) is 15.5 Å². The van der Waals surface area contributed by atoms with Crippen molar-refractivity contribution in [2.75, 3.05) is 0 Å². The van der Waals surface area contributed by atoms with Crippen LogP contribution in [0.25, 0.3) is 5.69 Å². The Balaban J connectivity index is 1.73. The minimum Gasteiger partial charge on any atom is -0.366 e. The smallest absolute Gasteiger partial charge is 0.330 e. The molecule has 1 aromatic heterocycles. The molecular weight excluding hydrogens is 278 g/mol. The number of nitrogens with one attached hydrogen (secondary N) is 1. The van der Waals surface area contributed by atoms with E-state index in [2.05, 4.69) is 4.98 Å². The number of amides is 1. The van der Waals surface area contributed by atoms with Gasteiger partial charge in [-0.25, -0.2) is 4.79 Å². The molecule has 0 spiro atoms. The molecule has 3 rings (SSSR count). The summed E-state index contributed by atoms with van der Waals surface area (Å²) in [5, 5.41) is 0. The molecule has 2 aromatic rings. The molecule has 1 amide bonds. The Hall–Kier alpha value is -2.30. The SMILES string of the molecule is NC(=O)c1ccc(-n2cc(CCC3CCCC3)[nH]c2=O)cc1. The third-order valence-electron chi connectivity index (χ3n) is 4.50. The van der Waals surface area contributed by atoms with Crippen molar-refractivity contribution in [3.05, 3.63) is 52.2 Å². The largest absolute Gasteiger partial charge is 0.366 e. The van der Waals surface area contributed by atoms with Crippen molar-refractivity contribution in [3.8, 4) is 5.69 Å². The number of nitrogens with zero attached hydrogens (tertiary/aromatic N) is 1. The fourth-order valence-electron chi connectivity index (χ4n) is 3.21. The van der Waals surface area contributed by atoms with E-state index in [1.165, 1.54) is 25.7 Å². The van der Waals surface area contributed by atoms with Crippen LogP contribution in [0.1, 0.15) is 48.2 Å². The van der Waals surface area contributed by atoms with Gasteiger partial charge in [-0.2, -0.15) is 0 Å². The van der Waals surface area contributed by atoms with Crippen molar-refractivity contribution in [2.24, 2.45) is 11.7 Å². The van der Waals surface area contributed by atoms with Gasteiger partial charge in [0.2, 0.25) is 5.91 Å². The first-order valence-electron chi connectivity index (χ1n) is 7.84. The number of carbonyl (C=O) groups excluding carboxylic acids is 1. The number of primary amides is 1. The van der Waals surface area contributed by atoms with Crippen LogP contribution in [-0.2, 0) is 6.42 Å². The molecule has 1 aromatic carbocycles. The lowest BCUT2D eigenvalue weighted by molar-refractivity contribution is 0.100. The van der Waals surface area contributed by atoms with E-state index in [-0.39, 0.29) is 5.69 Å². The zero-order chi connectivity index (χ0) is 15.5. The number of benzene rings is 1. The molecule has 3 N–H and O–H groups in total. The third-order valence-corrected chi connectivity index (χ3v) is 4.50. The highest BCUT2D eigenvalue weighted by atomic mass is 16.1. The van der Waals surface area contributed by atoms with Gasteiger partial charge in [0.25, 0.3) is 0 Å². The van der Waals surface area contributed by atoms with Gasteiger partial charge >= 0.3 is 5.69 Å². The lowest BCUT2D eigenvalue weighted by Crippen LogP contribution is -2.15. The van der Waals surface area contributed by atoms with Crippen molar-refractivity contribution in [1.29, 1.82) is 0 Å². The minimum atomic E-state index is -0.467. The second kappa shape index (κ2) is 6.22. The summed E-state index contributed by atoms with van der Waals surface area (Å²) < 4.78 is 1.58. The van der Waals surface area contributed by atoms with Gasteiger partial charge in [0.15, 0.2) is 0 Å². The number of rotatable bonds is 5. The fraction of sp³-hybridized carbons (Fsp3) is 0.412. The van der Waals surface area contributed by atoms with Crippen LogP contribution in [0.4, 0.5) is 0 Å². The second-order valence-corrected chi connectivity index (χ2v) is 6.05. The molecular formula is C17H21N3O2. The fourth-order valence-corrected chi connectivity index (χ4v) is 3.21. The van der Waals surface area contributed by atoms with Gasteiger partial charge in [-0.05, 0) is 43.0 Å². The summed E-state index contributed by atoms with van der Waals surface area (Å²) in [7, 11) is 0. The molecule has 1 saturated carbocycles. The molecule has 0 bridgehead atoms. The molecule has 1 aliphatic carbocycles. The summed E-state index contributed by atoms with van der Waals surface area (Å²) >= 11 is 0. The summed E-state index contributed by atoms with van der Waals surface area (Å²) in [6, 6.07) is 6.73. The van der Waals surface area contributed by atoms with E-state index >= 15 is 0 Å². The number of H-pyrrole nitrogens is 1. The minimum absolute atomic E-state index is 0.145. The van der Waals surface area contributed by atoms with Gasteiger partial charge in [-0.15, -0.1) is 0 Å². The maximum absolute atomic E-state index is 12.1. The third kappa shape index (κ3) is 3.13. The standard InChI is InChI=1S/C17H21N3O2/c18-16(21)13-6-9-15(10-7-13)20-11-14(19-17(20)22)8-5-12-3-1-2-4-12/h6-7,9-12H,1-5,8H2,(H2,18,21)(H,19,22). The maximum Gasteiger partial charge on any atom is 0.330 e. The molecule has 5 heteroatoms. The van der Waals surface area contributed by atoms with E-state index in [0.29, 0.717) is 5.56 Å². The molecule has 1 aliphatic rings. The Kier molecular flexibility index (Phi) is 4.13. The molecule has 0 unspecified atom stereocenters. The van der Waals surface area contributed by atoms with Crippen molar-refractivity contribution in [1.82, 2.24) is 9.55 Å². The molecule has 0 radical (unpaired) electrons. The molecule has 1 fully saturated rings. The zero-order valence-corrected chi connectivity index (χ0v) is 12.5. The first-order valence-corrected chi connectivity index (χ1v) is 7.84. The first kappa shape index (κ1) is 14.6. The predicted octanol–water partition coefficient (Wildman–Crippen LogP) is 2.39. The quantitative estimate of drug-likeness (QED) is 0.889. The van der Waals surface area contributed by atoms with E-state index in [1.54, 1.807) is 28.8 Å². The van der Waals surface area contributed by atoms with Gasteiger partial charge in [-0.3, -0.25) is 9.36 Å². The summed E-state index contributed by atoms with van der Waals surface area (Å²) in [5.74, 6) is 0.340. The highest BCUT2D eigenvalue weighted by Crippen LogP contribution is 2.28. The van der Waals surface area contributed by atoms with Crippen molar-refractivity contribution in [3.63, 3.8) is 0 Å². The van der Waals surface area contributed by atoms with E-state index in [0.717, 1.165) is 30.1 Å². The number of nitrogens with two attached hydrogens (primary N) is 1. The van der Waals surface area contributed by atoms with Crippen LogP contribution in [0.5, 0.6) is 0 Å². The van der Waals surface area contributed by atoms with E-state index < -0.39 is 5.91 Å². The Bertz CT molecular complexity index is 706. The van der Waals surface area contributed by atoms with E-state index in [9.17, 15) is 9.59 Å². The predicted molar refractivity (Wildman–Crippen MR) is 85.2 cm³/mol. The van der Waals surface area contributed by atoms with Crippen LogP contribution >= 0.6 is 0 Å². The number of hydrogen-bond acceptors (Lipinski definition) is 2. The van der Waals surface area contributed by atoms with Crippen LogP contribution in [0.2, 0.25) is 0 Å². The Morgan fingerprint density at radius 1 is 1.23 bits per heavy atom. The molecule has 116 valence electrons. The Morgan fingerprint density at radius 3 is 2.55 bits per heavy atom. The van der Waals surface area contributed by atoms with Gasteiger partial charge < -0.3 is 10.7 Å². The highest BCUT2D eigenvalue weighted by molar-refractivity contribution is 5.92. The van der Waals surface area contributed by atoms with E-state index in [4.69, 9.17) is 5.73 Å². The number of hydrogen-bond donors (Lipinski definition) is 2. The van der Waals surface area contributed by atoms with Gasteiger partial charge in [0.05, 0.1) is 5.69 Å². The molecule has 5 nitrogen and oxygen atoms in total. The summed E-state index contributed by atoms with van der Waals surface area (Å²) in [4.78, 5) is 26.1. The molecule has 22 heavy (non-hydrogen) atoms. The topological polar surface area (TPSA) is 80.9 Å². The lowest BCUT2D eigenvalue weighted by atomic mass is 10.0. The maximum atomic E-state index is 12.1. The molecule has 0 saturated heterocycles. The van der Waals surface area contributed by atoms with Crippen molar-refractivity contribution >= 4 is 5.91 Å². The van der Waals surface area contributed by atoms with Crippen molar-refractivity contribution < 1.29 is 4.79 Å². The molecule has 1 heterocycles.